The molecule has 1 aliphatic carbocycles. The average Bonchev–Trinajstić information content (AvgIpc) is 3.68. The van der Waals surface area contributed by atoms with Gasteiger partial charge in [0, 0.05) is 18.9 Å². The standard InChI is InChI=1S/C29H38N2O9/c1-38-18-11-17-12-19(16-5-2-3-6-16)24(20(33)7-4-9-31-10-8-30-15-31)26(35)23(17)21(13-18)39-29-28(37)27(36)25(34)22(14-32)40-29/h8,10-13,16,22,25,27-30,32,34-37H,2-7,9,14-15H2,1H3/p+1/t22-,25-,27+,28-,29+/m1/s1. The van der Waals surface area contributed by atoms with E-state index in [2.05, 4.69) is 5.32 Å². The van der Waals surface area contributed by atoms with Crippen LogP contribution in [0.4, 0.5) is 0 Å². The molecule has 2 aliphatic heterocycles. The largest absolute Gasteiger partial charge is 0.506 e. The fourth-order valence-electron chi connectivity index (χ4n) is 6.03. The number of aromatic hydroxyl groups is 1. The first-order chi connectivity index (χ1) is 19.3. The highest BCUT2D eigenvalue weighted by Gasteiger charge is 2.45. The summed E-state index contributed by atoms with van der Waals surface area (Å²) in [4.78, 5) is 14.9. The maximum Gasteiger partial charge on any atom is 0.229 e. The van der Waals surface area contributed by atoms with Crippen molar-refractivity contribution < 1.29 is 49.4 Å². The highest BCUT2D eigenvalue weighted by molar-refractivity contribution is 6.08. The zero-order valence-corrected chi connectivity index (χ0v) is 22.6. The Labute approximate surface area is 232 Å². The number of aliphatic hydroxyl groups is 4. The van der Waals surface area contributed by atoms with Gasteiger partial charge in [0.25, 0.3) is 0 Å². The van der Waals surface area contributed by atoms with Crippen molar-refractivity contribution in [3.8, 4) is 17.2 Å². The number of methoxy groups -OCH3 is 1. The molecule has 6 atom stereocenters. The number of Topliss-reactive ketones (excluding diaryl/α,β-unsaturated/α-hetero) is 1. The molecule has 2 fully saturated rings. The molecule has 1 unspecified atom stereocenters. The highest BCUT2D eigenvalue weighted by atomic mass is 16.7. The molecule has 2 aromatic carbocycles. The smallest absolute Gasteiger partial charge is 0.229 e. The highest BCUT2D eigenvalue weighted by Crippen LogP contribution is 2.46. The fourth-order valence-corrected chi connectivity index (χ4v) is 6.03. The zero-order chi connectivity index (χ0) is 28.4. The molecule has 11 heteroatoms. The summed E-state index contributed by atoms with van der Waals surface area (Å²) in [7, 11) is 1.49. The summed E-state index contributed by atoms with van der Waals surface area (Å²) >= 11 is 0. The minimum absolute atomic E-state index is 0.0703. The van der Waals surface area contributed by atoms with Crippen LogP contribution in [-0.4, -0.2) is 89.0 Å². The molecule has 0 amide bonds. The fraction of sp³-hybridized carbons (Fsp3) is 0.552. The van der Waals surface area contributed by atoms with Crippen molar-refractivity contribution in [2.24, 2.45) is 0 Å². The Kier molecular flexibility index (Phi) is 8.79. The molecule has 7 N–H and O–H groups in total. The first-order valence-electron chi connectivity index (χ1n) is 13.9. The molecule has 3 aliphatic rings. The Hall–Kier alpha value is -2.93. The predicted octanol–water partition coefficient (Wildman–Crippen LogP) is 0.270. The van der Waals surface area contributed by atoms with E-state index in [0.29, 0.717) is 17.6 Å². The van der Waals surface area contributed by atoms with Crippen molar-refractivity contribution in [3.63, 3.8) is 0 Å². The Morgan fingerprint density at radius 1 is 1.12 bits per heavy atom. The second-order valence-electron chi connectivity index (χ2n) is 10.9. The molecule has 2 aromatic rings. The van der Waals surface area contributed by atoms with Crippen LogP contribution in [0.15, 0.2) is 30.6 Å². The van der Waals surface area contributed by atoms with E-state index < -0.39 is 37.3 Å². The van der Waals surface area contributed by atoms with Gasteiger partial charge in [-0.1, -0.05) is 12.8 Å². The molecule has 218 valence electrons. The molecule has 2 heterocycles. The van der Waals surface area contributed by atoms with Crippen LogP contribution >= 0.6 is 0 Å². The van der Waals surface area contributed by atoms with Gasteiger partial charge in [0.2, 0.25) is 6.29 Å². The Morgan fingerprint density at radius 3 is 2.58 bits per heavy atom. The second kappa shape index (κ2) is 12.3. The van der Waals surface area contributed by atoms with Crippen LogP contribution in [0.5, 0.6) is 17.2 Å². The number of phenolic OH excluding ortho intramolecular Hbond substituents is 1. The van der Waals surface area contributed by atoms with Gasteiger partial charge in [0.1, 0.15) is 47.9 Å². The summed E-state index contributed by atoms with van der Waals surface area (Å²) < 4.78 is 17.0. The zero-order valence-electron chi connectivity index (χ0n) is 22.6. The first-order valence-corrected chi connectivity index (χ1v) is 13.9. The molecule has 0 aromatic heterocycles. The van der Waals surface area contributed by atoms with Crippen LogP contribution in [-0.2, 0) is 4.74 Å². The van der Waals surface area contributed by atoms with Gasteiger partial charge in [-0.3, -0.25) is 9.69 Å². The molecule has 0 radical (unpaired) electrons. The van der Waals surface area contributed by atoms with Gasteiger partial charge < -0.3 is 45.1 Å². The van der Waals surface area contributed by atoms with E-state index in [4.69, 9.17) is 14.2 Å². The third kappa shape index (κ3) is 5.63. The lowest BCUT2D eigenvalue weighted by Crippen LogP contribution is -3.07. The number of hydrogen-bond donors (Lipinski definition) is 7. The van der Waals surface area contributed by atoms with E-state index in [9.17, 15) is 30.3 Å². The molecule has 40 heavy (non-hydrogen) atoms. The molecule has 1 saturated heterocycles. The van der Waals surface area contributed by atoms with Gasteiger partial charge >= 0.3 is 0 Å². The number of ketones is 1. The number of aliphatic hydroxyl groups excluding tert-OH is 4. The number of nitrogens with one attached hydrogen (secondary N) is 2. The predicted molar refractivity (Wildman–Crippen MR) is 144 cm³/mol. The van der Waals surface area contributed by atoms with Crippen LogP contribution in [0.1, 0.15) is 60.4 Å². The molecule has 5 rings (SSSR count). The summed E-state index contributed by atoms with van der Waals surface area (Å²) in [6.45, 7) is 0.956. The molecular formula is C29H39N2O9+. The normalized spacial score (nSPS) is 28.6. The number of benzene rings is 2. The lowest BCUT2D eigenvalue weighted by Gasteiger charge is -2.39. The SMILES string of the molecule is COc1cc(O[C@H]2O[C@H](CO)[C@@H](O)[C@H](O)[C@H]2O)c2c(O)c(C(=O)CCC[NH+]3C=CNC3)c(C3CCCC3)cc2c1. The van der Waals surface area contributed by atoms with E-state index in [1.807, 2.05) is 18.5 Å². The lowest BCUT2D eigenvalue weighted by atomic mass is 9.86. The minimum Gasteiger partial charge on any atom is -0.506 e. The van der Waals surface area contributed by atoms with E-state index in [0.717, 1.165) is 44.5 Å². The van der Waals surface area contributed by atoms with Gasteiger partial charge in [0.05, 0.1) is 37.4 Å². The monoisotopic (exact) mass is 559 g/mol. The molecule has 0 bridgehead atoms. The topological polar surface area (TPSA) is 162 Å². The van der Waals surface area contributed by atoms with Crippen LogP contribution in [0.25, 0.3) is 10.8 Å². The van der Waals surface area contributed by atoms with Gasteiger partial charge in [-0.2, -0.15) is 0 Å². The third-order valence-electron chi connectivity index (χ3n) is 8.25. The van der Waals surface area contributed by atoms with Crippen LogP contribution in [0.3, 0.4) is 0 Å². The van der Waals surface area contributed by atoms with Crippen LogP contribution in [0, 0.1) is 0 Å². The summed E-state index contributed by atoms with van der Waals surface area (Å²) in [5.41, 5.74) is 1.10. The van der Waals surface area contributed by atoms with Gasteiger partial charge in [0.15, 0.2) is 12.5 Å². The van der Waals surface area contributed by atoms with Crippen molar-refractivity contribution in [2.45, 2.75) is 75.1 Å². The third-order valence-corrected chi connectivity index (χ3v) is 8.25. The Balaban J connectivity index is 1.54. The second-order valence-corrected chi connectivity index (χ2v) is 10.9. The Bertz CT molecular complexity index is 1240. The summed E-state index contributed by atoms with van der Waals surface area (Å²) in [5.74, 6) is 0.277. The van der Waals surface area contributed by atoms with Crippen molar-refractivity contribution >= 4 is 16.6 Å². The number of ether oxygens (including phenoxy) is 3. The van der Waals surface area contributed by atoms with Crippen molar-refractivity contribution in [1.29, 1.82) is 0 Å². The number of carbonyl (C=O) groups excluding carboxylic acids is 1. The van der Waals surface area contributed by atoms with Crippen LogP contribution in [0.2, 0.25) is 0 Å². The molecule has 0 spiro atoms. The first kappa shape index (κ1) is 28.6. The lowest BCUT2D eigenvalue weighted by molar-refractivity contribution is -0.843. The van der Waals surface area contributed by atoms with E-state index in [1.165, 1.54) is 18.1 Å². The molecule has 1 saturated carbocycles. The van der Waals surface area contributed by atoms with E-state index >= 15 is 0 Å². The summed E-state index contributed by atoms with van der Waals surface area (Å²) in [6, 6.07) is 5.17. The molecule has 11 nitrogen and oxygen atoms in total. The number of carbonyl (C=O) groups is 1. The number of phenols is 1. The number of rotatable bonds is 10. The van der Waals surface area contributed by atoms with Crippen molar-refractivity contribution in [2.75, 3.05) is 26.9 Å². The van der Waals surface area contributed by atoms with E-state index in [1.54, 1.807) is 6.07 Å². The number of fused-ring (bicyclic) bond motifs is 1. The van der Waals surface area contributed by atoms with Gasteiger partial charge in [-0.05, 0) is 41.8 Å². The van der Waals surface area contributed by atoms with Crippen molar-refractivity contribution in [3.05, 3.63) is 41.7 Å². The van der Waals surface area contributed by atoms with Gasteiger partial charge in [-0.15, -0.1) is 0 Å². The summed E-state index contributed by atoms with van der Waals surface area (Å²) in [6.07, 6.45) is 1.37. The van der Waals surface area contributed by atoms with Gasteiger partial charge in [-0.25, -0.2) is 0 Å². The maximum absolute atomic E-state index is 13.7. The quantitative estimate of drug-likeness (QED) is 0.201. The Morgan fingerprint density at radius 2 is 1.90 bits per heavy atom. The summed E-state index contributed by atoms with van der Waals surface area (Å²) in [5, 5.41) is 56.2. The van der Waals surface area contributed by atoms with Crippen molar-refractivity contribution in [1.82, 2.24) is 5.32 Å². The number of quaternary nitrogens is 1. The maximum atomic E-state index is 13.7. The minimum atomic E-state index is -1.64. The molecular weight excluding hydrogens is 520 g/mol. The van der Waals surface area contributed by atoms with Crippen LogP contribution < -0.4 is 19.7 Å². The van der Waals surface area contributed by atoms with E-state index in [-0.39, 0.29) is 40.6 Å². The average molecular weight is 560 g/mol. The number of hydrogen-bond acceptors (Lipinski definition) is 10.